The molecule has 0 bridgehead atoms. The minimum Gasteiger partial charge on any atom is -0.490 e. The van der Waals surface area contributed by atoms with Crippen molar-refractivity contribution in [3.63, 3.8) is 0 Å². The number of rotatable bonds is 7. The van der Waals surface area contributed by atoms with Crippen LogP contribution in [0.15, 0.2) is 65.6 Å². The second-order valence-electron chi connectivity index (χ2n) is 7.51. The highest BCUT2D eigenvalue weighted by molar-refractivity contribution is 8.18. The fraction of sp³-hybridized carbons (Fsp3) is 0.115. The van der Waals surface area contributed by atoms with Gasteiger partial charge in [0.25, 0.3) is 11.1 Å². The Kier molecular flexibility index (Phi) is 7.98. The molecule has 10 heteroatoms. The quantitative estimate of drug-likeness (QED) is 0.181. The van der Waals surface area contributed by atoms with E-state index in [1.165, 1.54) is 36.4 Å². The summed E-state index contributed by atoms with van der Waals surface area (Å²) in [6.07, 6.45) is 1.51. The molecule has 2 amide bonds. The molecular formula is C26H18Cl2FNO5S. The van der Waals surface area contributed by atoms with Crippen LogP contribution in [-0.4, -0.2) is 28.6 Å². The molecule has 3 aromatic carbocycles. The molecule has 1 fully saturated rings. The normalized spacial score (nSPS) is 14.4. The molecule has 0 spiro atoms. The number of carbonyl (C=O) groups is 3. The van der Waals surface area contributed by atoms with Crippen molar-refractivity contribution in [1.29, 1.82) is 0 Å². The Labute approximate surface area is 220 Å². The third-order valence-electron chi connectivity index (χ3n) is 5.08. The average Bonchev–Trinajstić information content (AvgIpc) is 3.10. The van der Waals surface area contributed by atoms with Gasteiger partial charge in [0, 0.05) is 15.6 Å². The van der Waals surface area contributed by atoms with Gasteiger partial charge in [-0.25, -0.2) is 9.18 Å². The van der Waals surface area contributed by atoms with Crippen molar-refractivity contribution >= 4 is 58.2 Å². The molecule has 4 rings (SSSR count). The molecule has 184 valence electrons. The second kappa shape index (κ2) is 11.2. The highest BCUT2D eigenvalue weighted by Gasteiger charge is 2.36. The lowest BCUT2D eigenvalue weighted by atomic mass is 10.1. The maximum Gasteiger partial charge on any atom is 0.343 e. The van der Waals surface area contributed by atoms with Gasteiger partial charge in [-0.1, -0.05) is 41.4 Å². The molecule has 0 aliphatic carbocycles. The monoisotopic (exact) mass is 545 g/mol. The van der Waals surface area contributed by atoms with E-state index in [4.69, 9.17) is 32.7 Å². The molecule has 1 aliphatic heterocycles. The van der Waals surface area contributed by atoms with Crippen LogP contribution in [-0.2, 0) is 11.3 Å². The van der Waals surface area contributed by atoms with Crippen molar-refractivity contribution in [2.24, 2.45) is 0 Å². The second-order valence-corrected chi connectivity index (χ2v) is 9.34. The van der Waals surface area contributed by atoms with Gasteiger partial charge in [-0.15, -0.1) is 0 Å². The molecule has 1 aliphatic rings. The van der Waals surface area contributed by atoms with E-state index in [1.807, 2.05) is 0 Å². The van der Waals surface area contributed by atoms with Crippen LogP contribution in [0.5, 0.6) is 11.5 Å². The zero-order chi connectivity index (χ0) is 25.8. The smallest absolute Gasteiger partial charge is 0.343 e. The predicted molar refractivity (Wildman–Crippen MR) is 137 cm³/mol. The molecule has 3 aromatic rings. The lowest BCUT2D eigenvalue weighted by molar-refractivity contribution is -0.123. The third-order valence-corrected chi connectivity index (χ3v) is 6.58. The Hall–Kier alpha value is -3.33. The summed E-state index contributed by atoms with van der Waals surface area (Å²) in [4.78, 5) is 39.0. The fourth-order valence-corrected chi connectivity index (χ4v) is 4.62. The van der Waals surface area contributed by atoms with Gasteiger partial charge in [0.05, 0.1) is 23.6 Å². The number of benzene rings is 3. The van der Waals surface area contributed by atoms with Crippen LogP contribution in [0.4, 0.5) is 9.18 Å². The first kappa shape index (κ1) is 25.8. The van der Waals surface area contributed by atoms with Crippen molar-refractivity contribution in [2.45, 2.75) is 13.5 Å². The summed E-state index contributed by atoms with van der Waals surface area (Å²) in [5.41, 5.74) is 0.875. The number of imide groups is 1. The standard InChI is InChI=1S/C26H18Cl2FNO5S/c1-2-34-22-11-15(9-10-21(22)35-25(32)16-5-3-6-17(27)13-16)12-23-24(31)30(26(33)36-23)14-18-19(28)7-4-8-20(18)29/h3-13H,2,14H2,1H3/b23-12-. The highest BCUT2D eigenvalue weighted by Crippen LogP contribution is 2.36. The van der Waals surface area contributed by atoms with Gasteiger partial charge in [-0.2, -0.15) is 0 Å². The van der Waals surface area contributed by atoms with Gasteiger partial charge in [0.2, 0.25) is 0 Å². The highest BCUT2D eigenvalue weighted by atomic mass is 35.5. The molecular weight excluding hydrogens is 528 g/mol. The average molecular weight is 546 g/mol. The predicted octanol–water partition coefficient (Wildman–Crippen LogP) is 6.99. The molecule has 0 aromatic heterocycles. The first-order chi connectivity index (χ1) is 17.3. The number of hydrogen-bond acceptors (Lipinski definition) is 6. The number of ether oxygens (including phenoxy) is 2. The summed E-state index contributed by atoms with van der Waals surface area (Å²) in [6.45, 7) is 1.79. The van der Waals surface area contributed by atoms with E-state index in [-0.39, 0.29) is 39.1 Å². The van der Waals surface area contributed by atoms with Crippen LogP contribution in [0.2, 0.25) is 10.0 Å². The van der Waals surface area contributed by atoms with Crippen LogP contribution >= 0.6 is 35.0 Å². The number of nitrogens with zero attached hydrogens (tertiary/aromatic N) is 1. The Morgan fingerprint density at radius 3 is 2.56 bits per heavy atom. The third kappa shape index (κ3) is 5.73. The van der Waals surface area contributed by atoms with Gasteiger partial charge in [0.1, 0.15) is 5.82 Å². The fourth-order valence-electron chi connectivity index (χ4n) is 3.37. The summed E-state index contributed by atoms with van der Waals surface area (Å²) in [6, 6.07) is 15.2. The van der Waals surface area contributed by atoms with E-state index in [0.717, 1.165) is 16.7 Å². The largest absolute Gasteiger partial charge is 0.490 e. The van der Waals surface area contributed by atoms with E-state index in [9.17, 15) is 18.8 Å². The molecule has 0 unspecified atom stereocenters. The molecule has 1 heterocycles. The van der Waals surface area contributed by atoms with Crippen LogP contribution in [0.25, 0.3) is 6.08 Å². The van der Waals surface area contributed by atoms with Crippen molar-refractivity contribution in [3.8, 4) is 11.5 Å². The lowest BCUT2D eigenvalue weighted by Crippen LogP contribution is -2.28. The van der Waals surface area contributed by atoms with E-state index in [2.05, 4.69) is 0 Å². The van der Waals surface area contributed by atoms with Crippen molar-refractivity contribution in [1.82, 2.24) is 4.90 Å². The van der Waals surface area contributed by atoms with Gasteiger partial charge >= 0.3 is 5.97 Å². The number of hydrogen-bond donors (Lipinski definition) is 0. The Morgan fingerprint density at radius 2 is 1.83 bits per heavy atom. The molecule has 0 N–H and O–H groups in total. The van der Waals surface area contributed by atoms with E-state index in [1.54, 1.807) is 37.3 Å². The van der Waals surface area contributed by atoms with Crippen molar-refractivity contribution < 1.29 is 28.2 Å². The van der Waals surface area contributed by atoms with Crippen molar-refractivity contribution in [3.05, 3.63) is 98.1 Å². The first-order valence-electron chi connectivity index (χ1n) is 10.7. The molecule has 0 atom stereocenters. The van der Waals surface area contributed by atoms with E-state index < -0.39 is 22.9 Å². The van der Waals surface area contributed by atoms with Crippen LogP contribution < -0.4 is 9.47 Å². The van der Waals surface area contributed by atoms with Gasteiger partial charge in [-0.3, -0.25) is 14.5 Å². The SMILES string of the molecule is CCOc1cc(/C=C2\SC(=O)N(Cc3c(F)cccc3Cl)C2=O)ccc1OC(=O)c1cccc(Cl)c1. The Morgan fingerprint density at radius 1 is 1.06 bits per heavy atom. The Balaban J connectivity index is 1.56. The maximum atomic E-state index is 14.2. The van der Waals surface area contributed by atoms with Crippen LogP contribution in [0.3, 0.4) is 0 Å². The Bertz CT molecular complexity index is 1370. The van der Waals surface area contributed by atoms with E-state index in [0.29, 0.717) is 17.2 Å². The number of esters is 1. The van der Waals surface area contributed by atoms with Gasteiger partial charge < -0.3 is 9.47 Å². The minimum atomic E-state index is -0.612. The van der Waals surface area contributed by atoms with Gasteiger partial charge in [-0.05, 0) is 72.8 Å². The molecule has 0 radical (unpaired) electrons. The summed E-state index contributed by atoms with van der Waals surface area (Å²) in [7, 11) is 0. The molecule has 36 heavy (non-hydrogen) atoms. The summed E-state index contributed by atoms with van der Waals surface area (Å²) in [5.74, 6) is -1.33. The lowest BCUT2D eigenvalue weighted by Gasteiger charge is -2.14. The number of carbonyl (C=O) groups excluding carboxylic acids is 3. The zero-order valence-electron chi connectivity index (χ0n) is 18.8. The molecule has 1 saturated heterocycles. The summed E-state index contributed by atoms with van der Waals surface area (Å²) >= 11 is 12.7. The number of halogens is 3. The number of thioether (sulfide) groups is 1. The van der Waals surface area contributed by atoms with Crippen molar-refractivity contribution in [2.75, 3.05) is 6.61 Å². The topological polar surface area (TPSA) is 72.9 Å². The first-order valence-corrected chi connectivity index (χ1v) is 12.3. The summed E-state index contributed by atoms with van der Waals surface area (Å²) < 4.78 is 25.3. The van der Waals surface area contributed by atoms with Crippen LogP contribution in [0.1, 0.15) is 28.4 Å². The minimum absolute atomic E-state index is 0.0622. The maximum absolute atomic E-state index is 14.2. The molecule has 6 nitrogen and oxygen atoms in total. The summed E-state index contributed by atoms with van der Waals surface area (Å²) in [5, 5.41) is -0.0129. The van der Waals surface area contributed by atoms with Gasteiger partial charge in [0.15, 0.2) is 11.5 Å². The van der Waals surface area contributed by atoms with E-state index >= 15 is 0 Å². The zero-order valence-corrected chi connectivity index (χ0v) is 21.1. The van der Waals surface area contributed by atoms with Crippen LogP contribution in [0, 0.1) is 5.82 Å². The molecule has 0 saturated carbocycles. The number of amides is 2.